The number of methoxy groups -OCH3 is 1. The van der Waals surface area contributed by atoms with Gasteiger partial charge in [0.05, 0.1) is 7.11 Å². The maximum Gasteiger partial charge on any atom is 0.119 e. The monoisotopic (exact) mass is 309 g/mol. The smallest absolute Gasteiger partial charge is 0.119 e. The van der Waals surface area contributed by atoms with E-state index in [1.54, 1.807) is 7.11 Å². The molecule has 2 aromatic carbocycles. The summed E-state index contributed by atoms with van der Waals surface area (Å²) in [5.74, 6) is 1.44. The molecule has 2 rings (SSSR count). The number of allylic oxidation sites excluding steroid dienone is 1. The van der Waals surface area contributed by atoms with Crippen LogP contribution in [0.2, 0.25) is 0 Å². The average molecular weight is 309 g/mol. The van der Waals surface area contributed by atoms with Crippen LogP contribution in [0.25, 0.3) is 6.08 Å². The highest BCUT2D eigenvalue weighted by atomic mass is 16.5. The molecule has 0 aromatic heterocycles. The van der Waals surface area contributed by atoms with Crippen LogP contribution in [0, 0.1) is 0 Å². The van der Waals surface area contributed by atoms with Crippen LogP contribution in [0.5, 0.6) is 5.75 Å². The summed E-state index contributed by atoms with van der Waals surface area (Å²) in [6.07, 6.45) is 6.25. The highest BCUT2D eigenvalue weighted by Gasteiger charge is 2.05. The third-order valence-electron chi connectivity index (χ3n) is 4.08. The lowest BCUT2D eigenvalue weighted by Gasteiger charge is -2.11. The van der Waals surface area contributed by atoms with Crippen LogP contribution in [-0.4, -0.2) is 7.11 Å². The Kier molecular flexibility index (Phi) is 6.42. The standard InChI is InChI=1S/C21H27NO/c1-16(2)18-13-11-17(12-14-18)7-4-5-10-21(22)19-8-6-9-20(15-19)23-3/h4,6-9,11-16,21H,5,10,22H2,1-3H3. The van der Waals surface area contributed by atoms with Crippen molar-refractivity contribution < 1.29 is 4.74 Å². The normalized spacial score (nSPS) is 12.7. The van der Waals surface area contributed by atoms with Gasteiger partial charge in [-0.3, -0.25) is 0 Å². The fourth-order valence-corrected chi connectivity index (χ4v) is 2.53. The molecule has 0 aliphatic carbocycles. The van der Waals surface area contributed by atoms with Crippen molar-refractivity contribution in [1.29, 1.82) is 0 Å². The van der Waals surface area contributed by atoms with Gasteiger partial charge in [-0.05, 0) is 47.6 Å². The Bertz CT molecular complexity index is 629. The summed E-state index contributed by atoms with van der Waals surface area (Å²) < 4.78 is 5.25. The van der Waals surface area contributed by atoms with Crippen molar-refractivity contribution in [3.63, 3.8) is 0 Å². The average Bonchev–Trinajstić information content (AvgIpc) is 2.59. The molecular formula is C21H27NO. The summed E-state index contributed by atoms with van der Waals surface area (Å²) >= 11 is 0. The van der Waals surface area contributed by atoms with Crippen LogP contribution in [0.15, 0.2) is 54.6 Å². The minimum absolute atomic E-state index is 0.0399. The summed E-state index contributed by atoms with van der Waals surface area (Å²) in [7, 11) is 1.68. The van der Waals surface area contributed by atoms with Crippen molar-refractivity contribution in [3.8, 4) is 5.75 Å². The van der Waals surface area contributed by atoms with E-state index >= 15 is 0 Å². The fraction of sp³-hybridized carbons (Fsp3) is 0.333. The molecule has 0 fully saturated rings. The summed E-state index contributed by atoms with van der Waals surface area (Å²) in [5, 5.41) is 0. The Morgan fingerprint density at radius 2 is 1.78 bits per heavy atom. The van der Waals surface area contributed by atoms with Gasteiger partial charge in [-0.15, -0.1) is 0 Å². The molecule has 0 spiro atoms. The lowest BCUT2D eigenvalue weighted by atomic mass is 10.0. The van der Waals surface area contributed by atoms with Crippen LogP contribution >= 0.6 is 0 Å². The van der Waals surface area contributed by atoms with E-state index in [1.165, 1.54) is 11.1 Å². The molecule has 0 heterocycles. The highest BCUT2D eigenvalue weighted by molar-refractivity contribution is 5.49. The van der Waals surface area contributed by atoms with E-state index < -0.39 is 0 Å². The third kappa shape index (κ3) is 5.26. The molecule has 0 saturated heterocycles. The summed E-state index contributed by atoms with van der Waals surface area (Å²) in [5.41, 5.74) is 10.0. The Labute approximate surface area is 140 Å². The minimum Gasteiger partial charge on any atom is -0.497 e. The molecular weight excluding hydrogens is 282 g/mol. The van der Waals surface area contributed by atoms with Gasteiger partial charge in [0.1, 0.15) is 5.75 Å². The SMILES string of the molecule is COc1cccc(C(N)CCC=Cc2ccc(C(C)C)cc2)c1. The lowest BCUT2D eigenvalue weighted by molar-refractivity contribution is 0.413. The second-order valence-corrected chi connectivity index (χ2v) is 6.18. The van der Waals surface area contributed by atoms with Gasteiger partial charge >= 0.3 is 0 Å². The summed E-state index contributed by atoms with van der Waals surface area (Å²) in [6, 6.07) is 16.8. The van der Waals surface area contributed by atoms with Crippen molar-refractivity contribution >= 4 is 6.08 Å². The number of nitrogens with two attached hydrogens (primary N) is 1. The first kappa shape index (κ1) is 17.3. The fourth-order valence-electron chi connectivity index (χ4n) is 2.53. The number of ether oxygens (including phenoxy) is 1. The van der Waals surface area contributed by atoms with E-state index in [9.17, 15) is 0 Å². The van der Waals surface area contributed by atoms with Crippen molar-refractivity contribution in [2.24, 2.45) is 5.73 Å². The summed E-state index contributed by atoms with van der Waals surface area (Å²) in [6.45, 7) is 4.43. The first-order valence-electron chi connectivity index (χ1n) is 8.26. The van der Waals surface area contributed by atoms with Crippen LogP contribution in [0.4, 0.5) is 0 Å². The molecule has 1 atom stereocenters. The molecule has 2 nitrogen and oxygen atoms in total. The molecule has 0 aliphatic rings. The maximum absolute atomic E-state index is 6.26. The Morgan fingerprint density at radius 1 is 1.04 bits per heavy atom. The molecule has 2 heteroatoms. The van der Waals surface area contributed by atoms with Crippen LogP contribution in [0.1, 0.15) is 55.3 Å². The van der Waals surface area contributed by atoms with Crippen LogP contribution in [-0.2, 0) is 0 Å². The molecule has 23 heavy (non-hydrogen) atoms. The predicted octanol–water partition coefficient (Wildman–Crippen LogP) is 5.31. The van der Waals surface area contributed by atoms with E-state index in [2.05, 4.69) is 56.3 Å². The molecule has 0 saturated carbocycles. The van der Waals surface area contributed by atoms with Gasteiger partial charge in [0.25, 0.3) is 0 Å². The van der Waals surface area contributed by atoms with Crippen molar-refractivity contribution in [2.75, 3.05) is 7.11 Å². The molecule has 2 N–H and O–H groups in total. The minimum atomic E-state index is 0.0399. The van der Waals surface area contributed by atoms with Gasteiger partial charge in [-0.1, -0.05) is 62.4 Å². The van der Waals surface area contributed by atoms with E-state index in [1.807, 2.05) is 18.2 Å². The van der Waals surface area contributed by atoms with Crippen molar-refractivity contribution in [1.82, 2.24) is 0 Å². The Hall–Kier alpha value is -2.06. The van der Waals surface area contributed by atoms with E-state index in [0.29, 0.717) is 5.92 Å². The van der Waals surface area contributed by atoms with Gasteiger partial charge in [0, 0.05) is 6.04 Å². The van der Waals surface area contributed by atoms with E-state index in [4.69, 9.17) is 10.5 Å². The number of hydrogen-bond donors (Lipinski definition) is 1. The largest absolute Gasteiger partial charge is 0.497 e. The van der Waals surface area contributed by atoms with E-state index in [-0.39, 0.29) is 6.04 Å². The van der Waals surface area contributed by atoms with Crippen molar-refractivity contribution in [3.05, 3.63) is 71.3 Å². The number of hydrogen-bond acceptors (Lipinski definition) is 2. The third-order valence-corrected chi connectivity index (χ3v) is 4.08. The van der Waals surface area contributed by atoms with Gasteiger partial charge in [-0.2, -0.15) is 0 Å². The second kappa shape index (κ2) is 8.54. The second-order valence-electron chi connectivity index (χ2n) is 6.18. The quantitative estimate of drug-likeness (QED) is 0.752. The van der Waals surface area contributed by atoms with Gasteiger partial charge < -0.3 is 10.5 Å². The molecule has 122 valence electrons. The van der Waals surface area contributed by atoms with Gasteiger partial charge in [0.2, 0.25) is 0 Å². The first-order chi connectivity index (χ1) is 11.1. The Morgan fingerprint density at radius 3 is 2.43 bits per heavy atom. The molecule has 0 radical (unpaired) electrons. The zero-order valence-corrected chi connectivity index (χ0v) is 14.3. The molecule has 0 amide bonds. The van der Waals surface area contributed by atoms with E-state index in [0.717, 1.165) is 24.2 Å². The van der Waals surface area contributed by atoms with Crippen molar-refractivity contribution in [2.45, 2.75) is 38.6 Å². The topological polar surface area (TPSA) is 35.2 Å². The molecule has 1 unspecified atom stereocenters. The predicted molar refractivity (Wildman–Crippen MR) is 98.7 cm³/mol. The molecule has 0 bridgehead atoms. The lowest BCUT2D eigenvalue weighted by Crippen LogP contribution is -2.09. The van der Waals surface area contributed by atoms with Crippen LogP contribution in [0.3, 0.4) is 0 Å². The highest BCUT2D eigenvalue weighted by Crippen LogP contribution is 2.21. The molecule has 2 aromatic rings. The maximum atomic E-state index is 6.26. The van der Waals surface area contributed by atoms with Gasteiger partial charge in [0.15, 0.2) is 0 Å². The Balaban J connectivity index is 1.85. The molecule has 0 aliphatic heterocycles. The number of rotatable bonds is 7. The number of benzene rings is 2. The van der Waals surface area contributed by atoms with Crippen LogP contribution < -0.4 is 10.5 Å². The van der Waals surface area contributed by atoms with Gasteiger partial charge in [-0.25, -0.2) is 0 Å². The zero-order chi connectivity index (χ0) is 16.7. The first-order valence-corrected chi connectivity index (χ1v) is 8.26. The summed E-state index contributed by atoms with van der Waals surface area (Å²) in [4.78, 5) is 0. The zero-order valence-electron chi connectivity index (χ0n) is 14.3.